The molecule has 0 N–H and O–H groups in total. The van der Waals surface area contributed by atoms with Crippen molar-refractivity contribution in [2.75, 3.05) is 13.1 Å². The van der Waals surface area contributed by atoms with Gasteiger partial charge in [0.25, 0.3) is 0 Å². The molecule has 1 rings (SSSR count). The maximum atomic E-state index is 11.3. The van der Waals surface area contributed by atoms with Crippen molar-refractivity contribution in [3.8, 4) is 0 Å². The summed E-state index contributed by atoms with van der Waals surface area (Å²) in [6, 6.07) is 0. The van der Waals surface area contributed by atoms with Crippen molar-refractivity contribution in [1.29, 1.82) is 0 Å². The van der Waals surface area contributed by atoms with Gasteiger partial charge in [-0.05, 0) is 6.42 Å². The van der Waals surface area contributed by atoms with Crippen molar-refractivity contribution in [3.63, 3.8) is 0 Å². The van der Waals surface area contributed by atoms with Crippen LogP contribution in [-0.4, -0.2) is 37.6 Å². The minimum Gasteiger partial charge on any atom is -0.341 e. The molecule has 0 aromatic heterocycles. The van der Waals surface area contributed by atoms with Gasteiger partial charge in [0.15, 0.2) is 0 Å². The van der Waals surface area contributed by atoms with Gasteiger partial charge in [-0.25, -0.2) is 8.42 Å². The van der Waals surface area contributed by atoms with E-state index in [1.807, 2.05) is 6.92 Å². The van der Waals surface area contributed by atoms with Gasteiger partial charge in [0.1, 0.15) is 5.25 Å². The van der Waals surface area contributed by atoms with E-state index in [9.17, 15) is 13.2 Å². The third-order valence-electron chi connectivity index (χ3n) is 2.36. The fourth-order valence-corrected chi connectivity index (χ4v) is 2.55. The molecule has 1 heterocycles. The average Bonchev–Trinajstić information content (AvgIpc) is 2.43. The Morgan fingerprint density at radius 3 is 2.64 bits per heavy atom. The molecule has 0 spiro atoms. The van der Waals surface area contributed by atoms with Crippen molar-refractivity contribution in [2.24, 2.45) is 0 Å². The highest BCUT2D eigenvalue weighted by molar-refractivity contribution is 8.14. The molecule has 82 valence electrons. The molecule has 1 atom stereocenters. The van der Waals surface area contributed by atoms with E-state index < -0.39 is 14.3 Å². The Morgan fingerprint density at radius 1 is 1.57 bits per heavy atom. The lowest BCUT2D eigenvalue weighted by molar-refractivity contribution is -0.127. The van der Waals surface area contributed by atoms with E-state index >= 15 is 0 Å². The van der Waals surface area contributed by atoms with E-state index in [2.05, 4.69) is 0 Å². The van der Waals surface area contributed by atoms with Crippen molar-refractivity contribution in [3.05, 3.63) is 0 Å². The fourth-order valence-electron chi connectivity index (χ4n) is 1.49. The van der Waals surface area contributed by atoms with Crippen LogP contribution in [0, 0.1) is 0 Å². The van der Waals surface area contributed by atoms with Crippen molar-refractivity contribution in [2.45, 2.75) is 31.4 Å². The van der Waals surface area contributed by atoms with Crippen molar-refractivity contribution in [1.82, 2.24) is 4.90 Å². The molecule has 1 saturated heterocycles. The van der Waals surface area contributed by atoms with Crippen LogP contribution in [-0.2, 0) is 13.8 Å². The summed E-state index contributed by atoms with van der Waals surface area (Å²) < 4.78 is 22.0. The van der Waals surface area contributed by atoms with E-state index in [1.165, 1.54) is 0 Å². The van der Waals surface area contributed by atoms with Crippen LogP contribution in [0.2, 0.25) is 0 Å². The predicted molar refractivity (Wildman–Crippen MR) is 54.7 cm³/mol. The number of halogens is 1. The van der Waals surface area contributed by atoms with E-state index in [1.54, 1.807) is 4.90 Å². The highest BCUT2D eigenvalue weighted by Gasteiger charge is 2.36. The lowest BCUT2D eigenvalue weighted by Crippen LogP contribution is -2.28. The number of rotatable bonds is 4. The largest absolute Gasteiger partial charge is 0.341 e. The third-order valence-corrected chi connectivity index (χ3v) is 4.23. The van der Waals surface area contributed by atoms with Crippen LogP contribution in [0.3, 0.4) is 0 Å². The summed E-state index contributed by atoms with van der Waals surface area (Å²) in [5.41, 5.74) is 0. The Bertz CT molecular complexity index is 315. The van der Waals surface area contributed by atoms with E-state index in [-0.39, 0.29) is 18.9 Å². The van der Waals surface area contributed by atoms with Gasteiger partial charge in [-0.3, -0.25) is 4.79 Å². The summed E-state index contributed by atoms with van der Waals surface area (Å²) in [6.07, 6.45) is 1.93. The monoisotopic (exact) mass is 239 g/mol. The zero-order valence-corrected chi connectivity index (χ0v) is 9.64. The van der Waals surface area contributed by atoms with Gasteiger partial charge < -0.3 is 4.90 Å². The Labute approximate surface area is 88.6 Å². The topological polar surface area (TPSA) is 54.5 Å². The molecule has 0 aliphatic carbocycles. The molecule has 1 fully saturated rings. The van der Waals surface area contributed by atoms with Crippen LogP contribution in [0.15, 0.2) is 0 Å². The Hall–Kier alpha value is -0.290. The number of unbranched alkanes of at least 4 members (excludes halogenated alkanes) is 1. The van der Waals surface area contributed by atoms with Crippen LogP contribution in [0.5, 0.6) is 0 Å². The molecular formula is C8H14ClNO3S. The quantitative estimate of drug-likeness (QED) is 0.687. The molecule has 0 aromatic rings. The first-order valence-corrected chi connectivity index (χ1v) is 7.03. The molecule has 0 aromatic carbocycles. The Morgan fingerprint density at radius 2 is 2.21 bits per heavy atom. The molecule has 1 unspecified atom stereocenters. The molecular weight excluding hydrogens is 226 g/mol. The molecule has 0 radical (unpaired) electrons. The molecule has 0 saturated carbocycles. The minimum absolute atomic E-state index is 0.0372. The van der Waals surface area contributed by atoms with Gasteiger partial charge in [0, 0.05) is 30.2 Å². The zero-order valence-electron chi connectivity index (χ0n) is 8.07. The molecule has 6 heteroatoms. The van der Waals surface area contributed by atoms with E-state index in [0.717, 1.165) is 12.8 Å². The Balaban J connectivity index is 2.56. The summed E-state index contributed by atoms with van der Waals surface area (Å²) in [7, 11) is 1.61. The lowest BCUT2D eigenvalue weighted by atomic mass is 10.3. The molecule has 0 bridgehead atoms. The number of amides is 1. The summed E-state index contributed by atoms with van der Waals surface area (Å²) in [4.78, 5) is 12.9. The summed E-state index contributed by atoms with van der Waals surface area (Å²) in [6.45, 7) is 2.92. The smallest absolute Gasteiger partial charge is 0.237 e. The SMILES string of the molecule is CCCCN1CC(S(=O)(=O)Cl)CC1=O. The standard InChI is InChI=1S/C8H14ClNO3S/c1-2-3-4-10-6-7(5-8(10)11)14(9,12)13/h7H,2-6H2,1H3. The van der Waals surface area contributed by atoms with Gasteiger partial charge in [0.2, 0.25) is 15.0 Å². The second kappa shape index (κ2) is 4.49. The second-order valence-corrected chi connectivity index (χ2v) is 6.40. The number of hydrogen-bond acceptors (Lipinski definition) is 3. The van der Waals surface area contributed by atoms with Gasteiger partial charge in [0.05, 0.1) is 0 Å². The number of carbonyl (C=O) groups is 1. The number of likely N-dealkylation sites (tertiary alicyclic amines) is 1. The predicted octanol–water partition coefficient (Wildman–Crippen LogP) is 0.956. The van der Waals surface area contributed by atoms with Gasteiger partial charge in [-0.1, -0.05) is 13.3 Å². The van der Waals surface area contributed by atoms with E-state index in [4.69, 9.17) is 10.7 Å². The summed E-state index contributed by atoms with van der Waals surface area (Å²) in [5, 5.41) is -0.714. The number of hydrogen-bond donors (Lipinski definition) is 0. The van der Waals surface area contributed by atoms with Crippen molar-refractivity contribution >= 4 is 25.6 Å². The van der Waals surface area contributed by atoms with Gasteiger partial charge >= 0.3 is 0 Å². The fraction of sp³-hybridized carbons (Fsp3) is 0.875. The molecule has 1 amide bonds. The minimum atomic E-state index is -3.58. The van der Waals surface area contributed by atoms with Crippen molar-refractivity contribution < 1.29 is 13.2 Å². The zero-order chi connectivity index (χ0) is 10.8. The maximum absolute atomic E-state index is 11.3. The maximum Gasteiger partial charge on any atom is 0.237 e. The molecule has 1 aliphatic rings. The van der Waals surface area contributed by atoms with E-state index in [0.29, 0.717) is 6.54 Å². The van der Waals surface area contributed by atoms with Crippen LogP contribution < -0.4 is 0 Å². The second-order valence-electron chi connectivity index (χ2n) is 3.50. The Kier molecular flexibility index (Phi) is 3.78. The number of nitrogens with zero attached hydrogens (tertiary/aromatic N) is 1. The highest BCUT2D eigenvalue weighted by atomic mass is 35.7. The summed E-state index contributed by atoms with van der Waals surface area (Å²) in [5.74, 6) is -0.104. The highest BCUT2D eigenvalue weighted by Crippen LogP contribution is 2.21. The molecule has 4 nitrogen and oxygen atoms in total. The number of carbonyl (C=O) groups excluding carboxylic acids is 1. The summed E-state index contributed by atoms with van der Waals surface area (Å²) >= 11 is 0. The lowest BCUT2D eigenvalue weighted by Gasteiger charge is -2.14. The van der Waals surface area contributed by atoms with Gasteiger partial charge in [-0.2, -0.15) is 0 Å². The van der Waals surface area contributed by atoms with Gasteiger partial charge in [-0.15, -0.1) is 0 Å². The van der Waals surface area contributed by atoms with Crippen LogP contribution in [0.25, 0.3) is 0 Å². The normalized spacial score (nSPS) is 23.1. The first kappa shape index (κ1) is 11.8. The first-order chi connectivity index (χ1) is 6.45. The first-order valence-electron chi connectivity index (χ1n) is 4.66. The molecule has 1 aliphatic heterocycles. The van der Waals surface area contributed by atoms with Crippen LogP contribution >= 0.6 is 10.7 Å². The van der Waals surface area contributed by atoms with Crippen LogP contribution in [0.4, 0.5) is 0 Å². The third kappa shape index (κ3) is 2.85. The van der Waals surface area contributed by atoms with Crippen LogP contribution in [0.1, 0.15) is 26.2 Å². The molecule has 14 heavy (non-hydrogen) atoms. The average molecular weight is 240 g/mol.